The number of rotatable bonds is 3. The lowest BCUT2D eigenvalue weighted by atomic mass is 10.1. The van der Waals surface area contributed by atoms with Crippen LogP contribution >= 0.6 is 0 Å². The molecule has 1 fully saturated rings. The van der Waals surface area contributed by atoms with Crippen LogP contribution in [0.15, 0.2) is 0 Å². The van der Waals surface area contributed by atoms with E-state index in [9.17, 15) is 9.59 Å². The lowest BCUT2D eigenvalue weighted by Gasteiger charge is -2.01. The van der Waals surface area contributed by atoms with Crippen LogP contribution in [0.25, 0.3) is 0 Å². The largest absolute Gasteiger partial charge is 0.466 e. The van der Waals surface area contributed by atoms with Gasteiger partial charge < -0.3 is 9.53 Å². The summed E-state index contributed by atoms with van der Waals surface area (Å²) in [5.41, 5.74) is 0.0250. The van der Waals surface area contributed by atoms with Crippen molar-refractivity contribution < 1.29 is 14.3 Å². The minimum Gasteiger partial charge on any atom is -0.466 e. The summed E-state index contributed by atoms with van der Waals surface area (Å²) in [5.74, 6) is 0.0121. The van der Waals surface area contributed by atoms with Crippen molar-refractivity contribution in [2.24, 2.45) is 17.3 Å². The molecule has 0 radical (unpaired) electrons. The number of carbonyl (C=O) groups is 2. The fourth-order valence-electron chi connectivity index (χ4n) is 1.58. The molecule has 12 heavy (non-hydrogen) atoms. The van der Waals surface area contributed by atoms with Gasteiger partial charge in [0.25, 0.3) is 0 Å². The predicted octanol–water partition coefficient (Wildman–Crippen LogP) is 1.02. The smallest absolute Gasteiger partial charge is 0.302 e. The van der Waals surface area contributed by atoms with Gasteiger partial charge in [0.05, 0.1) is 6.61 Å². The average molecular weight is 170 g/mol. The van der Waals surface area contributed by atoms with E-state index in [0.717, 1.165) is 6.29 Å². The SMILES string of the molecule is CC(=O)OCC1C(C=O)C1(C)C. The Morgan fingerprint density at radius 2 is 2.17 bits per heavy atom. The van der Waals surface area contributed by atoms with E-state index >= 15 is 0 Å². The van der Waals surface area contributed by atoms with Crippen molar-refractivity contribution in [3.05, 3.63) is 0 Å². The molecule has 68 valence electrons. The summed E-state index contributed by atoms with van der Waals surface area (Å²) in [6.45, 7) is 5.79. The standard InChI is InChI=1S/C9H14O3/c1-6(11)12-5-8-7(4-10)9(8,2)3/h4,7-8H,5H2,1-3H3. The molecule has 1 aliphatic carbocycles. The molecule has 1 rings (SSSR count). The van der Waals surface area contributed by atoms with Crippen LogP contribution in [0.1, 0.15) is 20.8 Å². The summed E-state index contributed by atoms with van der Waals surface area (Å²) in [4.78, 5) is 21.0. The van der Waals surface area contributed by atoms with Gasteiger partial charge in [-0.3, -0.25) is 4.79 Å². The third-order valence-corrected chi connectivity index (χ3v) is 2.75. The van der Waals surface area contributed by atoms with Crippen molar-refractivity contribution in [3.63, 3.8) is 0 Å². The zero-order chi connectivity index (χ0) is 9.35. The van der Waals surface area contributed by atoms with Crippen molar-refractivity contribution in [1.29, 1.82) is 0 Å². The summed E-state index contributed by atoms with van der Waals surface area (Å²) in [7, 11) is 0. The van der Waals surface area contributed by atoms with Gasteiger partial charge in [-0.15, -0.1) is 0 Å². The van der Waals surface area contributed by atoms with Crippen molar-refractivity contribution in [3.8, 4) is 0 Å². The summed E-state index contributed by atoms with van der Waals surface area (Å²) < 4.78 is 4.84. The van der Waals surface area contributed by atoms with Gasteiger partial charge in [0, 0.05) is 18.8 Å². The first-order chi connectivity index (χ1) is 5.50. The molecule has 0 aliphatic heterocycles. The first-order valence-electron chi connectivity index (χ1n) is 4.08. The second kappa shape index (κ2) is 2.88. The van der Waals surface area contributed by atoms with Crippen LogP contribution in [0.3, 0.4) is 0 Å². The Labute approximate surface area is 72.1 Å². The molecule has 0 aromatic rings. The van der Waals surface area contributed by atoms with Gasteiger partial charge in [-0.1, -0.05) is 13.8 Å². The highest BCUT2D eigenvalue weighted by molar-refractivity contribution is 5.66. The molecule has 0 spiro atoms. The molecule has 0 N–H and O–H groups in total. The van der Waals surface area contributed by atoms with E-state index < -0.39 is 0 Å². The number of esters is 1. The number of hydrogen-bond donors (Lipinski definition) is 0. The van der Waals surface area contributed by atoms with E-state index in [1.54, 1.807) is 0 Å². The van der Waals surface area contributed by atoms with Crippen LogP contribution in [0.5, 0.6) is 0 Å². The first kappa shape index (κ1) is 9.23. The summed E-state index contributed by atoms with van der Waals surface area (Å²) in [6, 6.07) is 0. The average Bonchev–Trinajstić information content (AvgIpc) is 2.48. The summed E-state index contributed by atoms with van der Waals surface area (Å²) in [5, 5.41) is 0. The Bertz CT molecular complexity index is 208. The van der Waals surface area contributed by atoms with E-state index in [0.29, 0.717) is 6.61 Å². The maximum atomic E-state index is 10.5. The lowest BCUT2D eigenvalue weighted by molar-refractivity contribution is -0.141. The molecule has 1 aliphatic rings. The number of hydrogen-bond acceptors (Lipinski definition) is 3. The molecule has 2 unspecified atom stereocenters. The third-order valence-electron chi connectivity index (χ3n) is 2.75. The molecular weight excluding hydrogens is 156 g/mol. The van der Waals surface area contributed by atoms with E-state index in [-0.39, 0.29) is 23.2 Å². The molecule has 0 aromatic carbocycles. The second-order valence-electron chi connectivity index (χ2n) is 3.89. The van der Waals surface area contributed by atoms with E-state index in [1.165, 1.54) is 6.92 Å². The fourth-order valence-corrected chi connectivity index (χ4v) is 1.58. The Morgan fingerprint density at radius 3 is 2.50 bits per heavy atom. The van der Waals surface area contributed by atoms with Gasteiger partial charge in [-0.05, 0) is 5.41 Å². The third kappa shape index (κ3) is 1.49. The molecule has 2 atom stereocenters. The molecule has 1 saturated carbocycles. The molecule has 0 saturated heterocycles. The van der Waals surface area contributed by atoms with Crippen LogP contribution in [0, 0.1) is 17.3 Å². The van der Waals surface area contributed by atoms with E-state index in [4.69, 9.17) is 4.74 Å². The van der Waals surface area contributed by atoms with Gasteiger partial charge >= 0.3 is 5.97 Å². The maximum absolute atomic E-state index is 10.5. The summed E-state index contributed by atoms with van der Waals surface area (Å²) >= 11 is 0. The van der Waals surface area contributed by atoms with Gasteiger partial charge in [0.2, 0.25) is 0 Å². The molecular formula is C9H14O3. The normalized spacial score (nSPS) is 30.9. The van der Waals surface area contributed by atoms with Crippen LogP contribution < -0.4 is 0 Å². The predicted molar refractivity (Wildman–Crippen MR) is 43.5 cm³/mol. The van der Waals surface area contributed by atoms with E-state index in [2.05, 4.69) is 0 Å². The highest BCUT2D eigenvalue weighted by atomic mass is 16.5. The topological polar surface area (TPSA) is 43.4 Å². The van der Waals surface area contributed by atoms with Crippen LogP contribution in [-0.4, -0.2) is 18.9 Å². The Hall–Kier alpha value is -0.860. The van der Waals surface area contributed by atoms with Crippen molar-refractivity contribution in [2.75, 3.05) is 6.61 Å². The van der Waals surface area contributed by atoms with Crippen LogP contribution in [-0.2, 0) is 14.3 Å². The first-order valence-corrected chi connectivity index (χ1v) is 4.08. The zero-order valence-electron chi connectivity index (χ0n) is 7.66. The van der Waals surface area contributed by atoms with Crippen molar-refractivity contribution >= 4 is 12.3 Å². The Kier molecular flexibility index (Phi) is 2.22. The maximum Gasteiger partial charge on any atom is 0.302 e. The molecule has 0 bridgehead atoms. The highest BCUT2D eigenvalue weighted by Gasteiger charge is 2.58. The monoisotopic (exact) mass is 170 g/mol. The lowest BCUT2D eigenvalue weighted by Crippen LogP contribution is -2.05. The minimum atomic E-state index is -0.276. The summed E-state index contributed by atoms with van der Waals surface area (Å²) in [6.07, 6.45) is 0.953. The molecule has 3 heteroatoms. The Morgan fingerprint density at radius 1 is 1.58 bits per heavy atom. The molecule has 0 heterocycles. The van der Waals surface area contributed by atoms with Crippen LogP contribution in [0.2, 0.25) is 0 Å². The number of aldehydes is 1. The van der Waals surface area contributed by atoms with Gasteiger partial charge in [0.1, 0.15) is 6.29 Å². The quantitative estimate of drug-likeness (QED) is 0.469. The van der Waals surface area contributed by atoms with Crippen molar-refractivity contribution in [1.82, 2.24) is 0 Å². The van der Waals surface area contributed by atoms with Crippen LogP contribution in [0.4, 0.5) is 0 Å². The fraction of sp³-hybridized carbons (Fsp3) is 0.778. The number of ether oxygens (including phenoxy) is 1. The second-order valence-corrected chi connectivity index (χ2v) is 3.89. The molecule has 0 aromatic heterocycles. The minimum absolute atomic E-state index is 0.0250. The zero-order valence-corrected chi connectivity index (χ0v) is 7.66. The Balaban J connectivity index is 2.37. The number of carbonyl (C=O) groups excluding carboxylic acids is 2. The molecule has 3 nitrogen and oxygen atoms in total. The van der Waals surface area contributed by atoms with Gasteiger partial charge in [0.15, 0.2) is 0 Å². The highest BCUT2D eigenvalue weighted by Crippen LogP contribution is 2.56. The molecule has 0 amide bonds. The van der Waals surface area contributed by atoms with Crippen molar-refractivity contribution in [2.45, 2.75) is 20.8 Å². The van der Waals surface area contributed by atoms with Gasteiger partial charge in [-0.2, -0.15) is 0 Å². The van der Waals surface area contributed by atoms with Gasteiger partial charge in [-0.25, -0.2) is 0 Å². The van der Waals surface area contributed by atoms with E-state index in [1.807, 2.05) is 13.8 Å².